The molecular formula is C27H39N3O2. The van der Waals surface area contributed by atoms with Crippen molar-refractivity contribution in [3.05, 3.63) is 65.2 Å². The van der Waals surface area contributed by atoms with E-state index in [4.69, 9.17) is 0 Å². The van der Waals surface area contributed by atoms with Crippen molar-refractivity contribution < 1.29 is 9.59 Å². The molecule has 2 aromatic carbocycles. The van der Waals surface area contributed by atoms with Crippen LogP contribution in [-0.4, -0.2) is 36.3 Å². The summed E-state index contributed by atoms with van der Waals surface area (Å²) in [6.45, 7) is 16.3. The van der Waals surface area contributed by atoms with Gasteiger partial charge in [-0.2, -0.15) is 0 Å². The molecule has 0 radical (unpaired) electrons. The number of benzene rings is 2. The second-order valence-corrected chi connectivity index (χ2v) is 9.58. The number of carbonyl (C=O) groups is 2. The lowest BCUT2D eigenvalue weighted by Gasteiger charge is -2.25. The van der Waals surface area contributed by atoms with E-state index >= 15 is 0 Å². The molecule has 0 bridgehead atoms. The van der Waals surface area contributed by atoms with Gasteiger partial charge in [0.1, 0.15) is 0 Å². The molecule has 0 saturated carbocycles. The Bertz CT molecular complexity index is 894. The van der Waals surface area contributed by atoms with Crippen molar-refractivity contribution in [1.29, 1.82) is 0 Å². The van der Waals surface area contributed by atoms with Crippen LogP contribution in [0, 0.1) is 5.92 Å². The highest BCUT2D eigenvalue weighted by atomic mass is 16.2. The van der Waals surface area contributed by atoms with Crippen LogP contribution >= 0.6 is 0 Å². The van der Waals surface area contributed by atoms with Crippen LogP contribution in [0.25, 0.3) is 0 Å². The molecule has 0 aliphatic heterocycles. The van der Waals surface area contributed by atoms with Crippen molar-refractivity contribution >= 4 is 17.5 Å². The van der Waals surface area contributed by atoms with Gasteiger partial charge in [-0.1, -0.05) is 65.0 Å². The molecule has 1 unspecified atom stereocenters. The SMILES string of the molecule is CCN(CC)C(=O)c1cccc(NC(=O)CNC(c2ccc(C(C)(C)C)cc2)C(C)C)c1. The first kappa shape index (κ1) is 25.6. The average molecular weight is 438 g/mol. The molecular weight excluding hydrogens is 398 g/mol. The zero-order valence-corrected chi connectivity index (χ0v) is 20.7. The summed E-state index contributed by atoms with van der Waals surface area (Å²) in [7, 11) is 0. The van der Waals surface area contributed by atoms with E-state index in [1.54, 1.807) is 23.1 Å². The van der Waals surface area contributed by atoms with Gasteiger partial charge in [-0.15, -0.1) is 0 Å². The third-order valence-electron chi connectivity index (χ3n) is 5.73. The van der Waals surface area contributed by atoms with Gasteiger partial charge in [0, 0.05) is 30.4 Å². The van der Waals surface area contributed by atoms with Crippen molar-refractivity contribution in [3.63, 3.8) is 0 Å². The summed E-state index contributed by atoms with van der Waals surface area (Å²) in [4.78, 5) is 27.0. The second kappa shape index (κ2) is 11.3. The molecule has 2 N–H and O–H groups in total. The van der Waals surface area contributed by atoms with E-state index in [1.165, 1.54) is 11.1 Å². The van der Waals surface area contributed by atoms with E-state index in [9.17, 15) is 9.59 Å². The van der Waals surface area contributed by atoms with Gasteiger partial charge in [0.25, 0.3) is 5.91 Å². The summed E-state index contributed by atoms with van der Waals surface area (Å²) in [5.41, 5.74) is 3.79. The summed E-state index contributed by atoms with van der Waals surface area (Å²) in [5.74, 6) is 0.176. The Morgan fingerprint density at radius 1 is 0.969 bits per heavy atom. The third kappa shape index (κ3) is 6.92. The molecule has 0 aromatic heterocycles. The maximum Gasteiger partial charge on any atom is 0.253 e. The highest BCUT2D eigenvalue weighted by Gasteiger charge is 2.19. The molecule has 2 rings (SSSR count). The number of rotatable bonds is 9. The summed E-state index contributed by atoms with van der Waals surface area (Å²) in [6.07, 6.45) is 0. The Morgan fingerprint density at radius 3 is 2.12 bits per heavy atom. The van der Waals surface area contributed by atoms with E-state index in [0.717, 1.165) is 0 Å². The number of anilines is 1. The van der Waals surface area contributed by atoms with Crippen LogP contribution in [-0.2, 0) is 10.2 Å². The molecule has 0 saturated heterocycles. The lowest BCUT2D eigenvalue weighted by molar-refractivity contribution is -0.115. The molecule has 5 nitrogen and oxygen atoms in total. The minimum Gasteiger partial charge on any atom is -0.339 e. The fraction of sp³-hybridized carbons (Fsp3) is 0.481. The van der Waals surface area contributed by atoms with Gasteiger partial charge in [0.05, 0.1) is 6.54 Å². The minimum atomic E-state index is -0.130. The highest BCUT2D eigenvalue weighted by molar-refractivity contribution is 5.97. The lowest BCUT2D eigenvalue weighted by Crippen LogP contribution is -2.34. The first-order chi connectivity index (χ1) is 15.1. The minimum absolute atomic E-state index is 0.0252. The van der Waals surface area contributed by atoms with Crippen molar-refractivity contribution in [2.24, 2.45) is 5.92 Å². The van der Waals surface area contributed by atoms with Crippen LogP contribution in [0.2, 0.25) is 0 Å². The molecule has 0 aliphatic rings. The first-order valence-electron chi connectivity index (χ1n) is 11.6. The standard InChI is InChI=1S/C27H39N3O2/c1-8-30(9-2)26(32)21-11-10-12-23(17-21)29-24(31)18-28-25(19(3)4)20-13-15-22(16-14-20)27(5,6)7/h10-17,19,25,28H,8-9,18H2,1-7H3,(H,29,31). The van der Waals surface area contributed by atoms with Crippen molar-refractivity contribution in [3.8, 4) is 0 Å². The zero-order valence-electron chi connectivity index (χ0n) is 20.7. The molecule has 5 heteroatoms. The first-order valence-corrected chi connectivity index (χ1v) is 11.6. The Kier molecular flexibility index (Phi) is 9.02. The molecule has 0 fully saturated rings. The third-order valence-corrected chi connectivity index (χ3v) is 5.73. The predicted molar refractivity (Wildman–Crippen MR) is 133 cm³/mol. The van der Waals surface area contributed by atoms with Crippen LogP contribution in [0.5, 0.6) is 0 Å². The molecule has 0 heterocycles. The molecule has 174 valence electrons. The predicted octanol–water partition coefficient (Wildman–Crippen LogP) is 5.39. The van der Waals surface area contributed by atoms with Crippen LogP contribution in [0.15, 0.2) is 48.5 Å². The van der Waals surface area contributed by atoms with Gasteiger partial charge >= 0.3 is 0 Å². The van der Waals surface area contributed by atoms with Crippen LogP contribution in [0.1, 0.15) is 76.0 Å². The van der Waals surface area contributed by atoms with Gasteiger partial charge in [0.2, 0.25) is 5.91 Å². The maximum absolute atomic E-state index is 12.6. The van der Waals surface area contributed by atoms with E-state index in [-0.39, 0.29) is 29.8 Å². The van der Waals surface area contributed by atoms with Gasteiger partial charge in [-0.25, -0.2) is 0 Å². The summed E-state index contributed by atoms with van der Waals surface area (Å²) >= 11 is 0. The number of nitrogens with zero attached hydrogens (tertiary/aromatic N) is 1. The van der Waals surface area contributed by atoms with Crippen LogP contribution < -0.4 is 10.6 Å². The van der Waals surface area contributed by atoms with E-state index in [1.807, 2.05) is 19.9 Å². The molecule has 2 aromatic rings. The Morgan fingerprint density at radius 2 is 1.59 bits per heavy atom. The largest absolute Gasteiger partial charge is 0.339 e. The van der Waals surface area contributed by atoms with Crippen molar-refractivity contribution in [1.82, 2.24) is 10.2 Å². The number of nitrogens with one attached hydrogen (secondary N) is 2. The van der Waals surface area contributed by atoms with Crippen LogP contribution in [0.4, 0.5) is 5.69 Å². The normalized spacial score (nSPS) is 12.5. The van der Waals surface area contributed by atoms with E-state index in [0.29, 0.717) is 30.3 Å². The van der Waals surface area contributed by atoms with Crippen molar-refractivity contribution in [2.45, 2.75) is 59.9 Å². The molecule has 1 atom stereocenters. The molecule has 0 spiro atoms. The fourth-order valence-corrected chi connectivity index (χ4v) is 3.76. The fourth-order valence-electron chi connectivity index (χ4n) is 3.76. The van der Waals surface area contributed by atoms with E-state index < -0.39 is 0 Å². The lowest BCUT2D eigenvalue weighted by atomic mass is 9.85. The number of amides is 2. The Hall–Kier alpha value is -2.66. The van der Waals surface area contributed by atoms with Gasteiger partial charge in [0.15, 0.2) is 0 Å². The van der Waals surface area contributed by atoms with E-state index in [2.05, 4.69) is 69.5 Å². The maximum atomic E-state index is 12.6. The van der Waals surface area contributed by atoms with Crippen LogP contribution in [0.3, 0.4) is 0 Å². The molecule has 32 heavy (non-hydrogen) atoms. The monoisotopic (exact) mass is 437 g/mol. The topological polar surface area (TPSA) is 61.4 Å². The van der Waals surface area contributed by atoms with Gasteiger partial charge in [-0.05, 0) is 54.5 Å². The number of carbonyl (C=O) groups excluding carboxylic acids is 2. The average Bonchev–Trinajstić information content (AvgIpc) is 2.74. The summed E-state index contributed by atoms with van der Waals surface area (Å²) < 4.78 is 0. The number of hydrogen-bond donors (Lipinski definition) is 2. The quantitative estimate of drug-likeness (QED) is 0.553. The zero-order chi connectivity index (χ0) is 23.9. The van der Waals surface area contributed by atoms with Gasteiger partial charge in [-0.3, -0.25) is 9.59 Å². The second-order valence-electron chi connectivity index (χ2n) is 9.58. The Balaban J connectivity index is 2.03. The summed E-state index contributed by atoms with van der Waals surface area (Å²) in [5, 5.41) is 6.32. The smallest absolute Gasteiger partial charge is 0.253 e. The molecule has 2 amide bonds. The molecule has 0 aliphatic carbocycles. The summed E-state index contributed by atoms with van der Waals surface area (Å²) in [6, 6.07) is 15.8. The highest BCUT2D eigenvalue weighted by Crippen LogP contribution is 2.26. The van der Waals surface area contributed by atoms with Gasteiger partial charge < -0.3 is 15.5 Å². The van der Waals surface area contributed by atoms with Crippen molar-refractivity contribution in [2.75, 3.05) is 25.0 Å². The Labute approximate surface area is 193 Å². The number of hydrogen-bond acceptors (Lipinski definition) is 3.